The molecule has 0 bridgehead atoms. The van der Waals surface area contributed by atoms with Gasteiger partial charge in [0.1, 0.15) is 0 Å². The minimum absolute atomic E-state index is 0.110. The molecular formula is C13H18BrNO3S. The van der Waals surface area contributed by atoms with Gasteiger partial charge in [0.15, 0.2) is 9.84 Å². The van der Waals surface area contributed by atoms with E-state index in [1.54, 1.807) is 0 Å². The Labute approximate surface area is 122 Å². The van der Waals surface area contributed by atoms with E-state index in [-0.39, 0.29) is 15.6 Å². The predicted octanol–water partition coefficient (Wildman–Crippen LogP) is 2.38. The summed E-state index contributed by atoms with van der Waals surface area (Å²) in [4.78, 5) is 12.4. The van der Waals surface area contributed by atoms with E-state index < -0.39 is 15.4 Å². The van der Waals surface area contributed by atoms with E-state index in [4.69, 9.17) is 0 Å². The molecule has 1 aromatic carbocycles. The van der Waals surface area contributed by atoms with Crippen LogP contribution in [-0.2, 0) is 9.84 Å². The number of carbonyl (C=O) groups is 1. The third-order valence-corrected chi connectivity index (χ3v) is 5.25. The zero-order chi connectivity index (χ0) is 14.8. The molecular weight excluding hydrogens is 330 g/mol. The lowest BCUT2D eigenvalue weighted by atomic mass is 10.0. The quantitative estimate of drug-likeness (QED) is 0.850. The van der Waals surface area contributed by atoms with Gasteiger partial charge in [-0.2, -0.15) is 0 Å². The molecule has 4 nitrogen and oxygen atoms in total. The predicted molar refractivity (Wildman–Crippen MR) is 79.5 cm³/mol. The van der Waals surface area contributed by atoms with Gasteiger partial charge in [-0.1, -0.05) is 22.9 Å². The monoisotopic (exact) mass is 347 g/mol. The first-order valence-electron chi connectivity index (χ1n) is 5.81. The number of rotatable bonds is 4. The van der Waals surface area contributed by atoms with Crippen LogP contribution < -0.4 is 5.32 Å². The highest BCUT2D eigenvalue weighted by Crippen LogP contribution is 2.18. The van der Waals surface area contributed by atoms with Crippen molar-refractivity contribution in [2.24, 2.45) is 0 Å². The van der Waals surface area contributed by atoms with Crippen molar-refractivity contribution >= 4 is 31.7 Å². The lowest BCUT2D eigenvalue weighted by Crippen LogP contribution is -2.48. The Balaban J connectivity index is 2.91. The summed E-state index contributed by atoms with van der Waals surface area (Å²) in [5, 5.41) is 2.89. The van der Waals surface area contributed by atoms with Crippen LogP contribution in [0.4, 0.5) is 0 Å². The van der Waals surface area contributed by atoms with Crippen LogP contribution in [0.3, 0.4) is 0 Å². The van der Waals surface area contributed by atoms with Gasteiger partial charge in [-0.05, 0) is 38.1 Å². The van der Waals surface area contributed by atoms with E-state index in [0.29, 0.717) is 5.56 Å². The third kappa shape index (κ3) is 4.31. The number of amides is 1. The summed E-state index contributed by atoms with van der Waals surface area (Å²) in [6, 6.07) is 5.91. The molecule has 0 aromatic heterocycles. The van der Waals surface area contributed by atoms with Crippen molar-refractivity contribution in [1.29, 1.82) is 0 Å². The average molecular weight is 348 g/mol. The second kappa shape index (κ2) is 5.63. The lowest BCUT2D eigenvalue weighted by Gasteiger charge is -2.29. The first-order valence-corrected chi connectivity index (χ1v) is 8.61. The van der Waals surface area contributed by atoms with Crippen molar-refractivity contribution in [2.75, 3.05) is 6.26 Å². The molecule has 0 aliphatic heterocycles. The fourth-order valence-corrected chi connectivity index (χ4v) is 2.06. The maximum atomic E-state index is 12.0. The number of hydrogen-bond donors (Lipinski definition) is 1. The third-order valence-electron chi connectivity index (χ3n) is 2.97. The van der Waals surface area contributed by atoms with Crippen LogP contribution in [0, 0.1) is 0 Å². The molecule has 0 radical (unpaired) electrons. The smallest absolute Gasteiger partial charge is 0.251 e. The van der Waals surface area contributed by atoms with Gasteiger partial charge in [0.05, 0.1) is 4.90 Å². The molecule has 0 fully saturated rings. The second-order valence-corrected chi connectivity index (χ2v) is 8.48. The highest BCUT2D eigenvalue weighted by Gasteiger charge is 2.26. The fourth-order valence-electron chi connectivity index (χ4n) is 1.32. The first kappa shape index (κ1) is 16.2. The zero-order valence-electron chi connectivity index (χ0n) is 11.4. The summed E-state index contributed by atoms with van der Waals surface area (Å²) in [6.45, 7) is 5.78. The minimum Gasteiger partial charge on any atom is -0.346 e. The SMILES string of the molecule is CC(Br)C(C)(C)NC(=O)c1ccc(S(C)(=O)=O)cc1. The molecule has 0 saturated carbocycles. The van der Waals surface area contributed by atoms with Gasteiger partial charge >= 0.3 is 0 Å². The number of alkyl halides is 1. The molecule has 1 amide bonds. The molecule has 1 rings (SSSR count). The molecule has 19 heavy (non-hydrogen) atoms. The average Bonchev–Trinajstić information content (AvgIpc) is 2.27. The van der Waals surface area contributed by atoms with E-state index in [9.17, 15) is 13.2 Å². The maximum absolute atomic E-state index is 12.0. The van der Waals surface area contributed by atoms with Crippen molar-refractivity contribution in [2.45, 2.75) is 36.0 Å². The Morgan fingerprint density at radius 1 is 1.26 bits per heavy atom. The van der Waals surface area contributed by atoms with Crippen LogP contribution in [0.15, 0.2) is 29.2 Å². The van der Waals surface area contributed by atoms with Crippen LogP contribution >= 0.6 is 15.9 Å². The minimum atomic E-state index is -3.23. The molecule has 106 valence electrons. The van der Waals surface area contributed by atoms with Gasteiger partial charge in [0, 0.05) is 22.2 Å². The first-order chi connectivity index (χ1) is 8.54. The molecule has 1 unspecified atom stereocenters. The highest BCUT2D eigenvalue weighted by atomic mass is 79.9. The largest absolute Gasteiger partial charge is 0.346 e. The molecule has 6 heteroatoms. The molecule has 0 aliphatic carbocycles. The van der Waals surface area contributed by atoms with Gasteiger partial charge in [-0.3, -0.25) is 4.79 Å². The number of carbonyl (C=O) groups excluding carboxylic acids is 1. The standard InChI is InChI=1S/C13H18BrNO3S/c1-9(14)13(2,3)15-12(16)10-5-7-11(8-6-10)19(4,17)18/h5-9H,1-4H3,(H,15,16). The Morgan fingerprint density at radius 2 is 1.74 bits per heavy atom. The van der Waals surface area contributed by atoms with Crippen molar-refractivity contribution in [3.63, 3.8) is 0 Å². The van der Waals surface area contributed by atoms with Gasteiger partial charge in [0.2, 0.25) is 0 Å². The zero-order valence-corrected chi connectivity index (χ0v) is 13.8. The van der Waals surface area contributed by atoms with E-state index in [1.807, 2.05) is 20.8 Å². The fraction of sp³-hybridized carbons (Fsp3) is 0.462. The Kier molecular flexibility index (Phi) is 4.79. The number of hydrogen-bond acceptors (Lipinski definition) is 3. The molecule has 1 N–H and O–H groups in total. The number of benzene rings is 1. The topological polar surface area (TPSA) is 63.2 Å². The Hall–Kier alpha value is -0.880. The molecule has 0 saturated heterocycles. The number of nitrogens with one attached hydrogen (secondary N) is 1. The van der Waals surface area contributed by atoms with E-state index >= 15 is 0 Å². The van der Waals surface area contributed by atoms with Crippen LogP contribution in [0.1, 0.15) is 31.1 Å². The Morgan fingerprint density at radius 3 is 2.11 bits per heavy atom. The highest BCUT2D eigenvalue weighted by molar-refractivity contribution is 9.09. The summed E-state index contributed by atoms with van der Waals surface area (Å²) in [5.41, 5.74) is 0.0423. The number of halogens is 1. The summed E-state index contributed by atoms with van der Waals surface area (Å²) in [6.07, 6.45) is 1.14. The summed E-state index contributed by atoms with van der Waals surface area (Å²) in [5.74, 6) is -0.226. The van der Waals surface area contributed by atoms with Crippen molar-refractivity contribution in [3.8, 4) is 0 Å². The van der Waals surface area contributed by atoms with Gasteiger partial charge in [-0.15, -0.1) is 0 Å². The van der Waals surface area contributed by atoms with Gasteiger partial charge in [-0.25, -0.2) is 8.42 Å². The van der Waals surface area contributed by atoms with Crippen molar-refractivity contribution in [3.05, 3.63) is 29.8 Å². The van der Waals surface area contributed by atoms with Crippen LogP contribution in [0.5, 0.6) is 0 Å². The lowest BCUT2D eigenvalue weighted by molar-refractivity contribution is 0.0914. The second-order valence-electron chi connectivity index (χ2n) is 5.09. The molecule has 0 aliphatic rings. The van der Waals surface area contributed by atoms with Crippen molar-refractivity contribution in [1.82, 2.24) is 5.32 Å². The molecule has 1 atom stereocenters. The van der Waals surface area contributed by atoms with E-state index in [2.05, 4.69) is 21.2 Å². The number of sulfone groups is 1. The van der Waals surface area contributed by atoms with Crippen LogP contribution in [0.2, 0.25) is 0 Å². The van der Waals surface area contributed by atoms with Crippen LogP contribution in [0.25, 0.3) is 0 Å². The molecule has 0 spiro atoms. The summed E-state index contributed by atoms with van der Waals surface area (Å²) >= 11 is 3.44. The normalized spacial score (nSPS) is 13.9. The summed E-state index contributed by atoms with van der Waals surface area (Å²) in [7, 11) is -3.23. The van der Waals surface area contributed by atoms with E-state index in [1.165, 1.54) is 24.3 Å². The van der Waals surface area contributed by atoms with Crippen molar-refractivity contribution < 1.29 is 13.2 Å². The van der Waals surface area contributed by atoms with Gasteiger partial charge in [0.25, 0.3) is 5.91 Å². The summed E-state index contributed by atoms with van der Waals surface area (Å²) < 4.78 is 22.7. The van der Waals surface area contributed by atoms with E-state index in [0.717, 1.165) is 6.26 Å². The maximum Gasteiger partial charge on any atom is 0.251 e. The molecule has 0 heterocycles. The Bertz CT molecular complexity index is 562. The van der Waals surface area contributed by atoms with Gasteiger partial charge < -0.3 is 5.32 Å². The molecule has 1 aromatic rings. The van der Waals surface area contributed by atoms with Crippen LogP contribution in [-0.4, -0.2) is 30.9 Å².